The lowest BCUT2D eigenvalue weighted by molar-refractivity contribution is -0.384. The van der Waals surface area contributed by atoms with Crippen LogP contribution in [0.5, 0.6) is 11.5 Å². The molecule has 0 spiro atoms. The van der Waals surface area contributed by atoms with Crippen LogP contribution in [-0.4, -0.2) is 63.6 Å². The fourth-order valence-electron chi connectivity index (χ4n) is 2.93. The Balaban J connectivity index is 1.72. The van der Waals surface area contributed by atoms with Crippen molar-refractivity contribution in [2.75, 3.05) is 45.3 Å². The molecule has 1 aliphatic rings. The summed E-state index contributed by atoms with van der Waals surface area (Å²) in [4.78, 5) is 22.5. The van der Waals surface area contributed by atoms with E-state index in [2.05, 4.69) is 5.32 Å². The minimum atomic E-state index is -3.77. The number of sulfonamides is 1. The van der Waals surface area contributed by atoms with E-state index in [9.17, 15) is 23.3 Å². The molecule has 1 N–H and O–H groups in total. The van der Waals surface area contributed by atoms with Crippen LogP contribution in [0.15, 0.2) is 41.3 Å². The molecular weight excluding hydrogens is 466 g/mol. The number of halogens is 1. The van der Waals surface area contributed by atoms with Gasteiger partial charge in [-0.05, 0) is 24.3 Å². The Kier molecular flexibility index (Phi) is 7.51. The number of benzene rings is 2. The first kappa shape index (κ1) is 23.7. The molecule has 0 radical (unpaired) electrons. The van der Waals surface area contributed by atoms with Crippen molar-refractivity contribution in [2.45, 2.75) is 4.90 Å². The number of nitro groups is 1. The van der Waals surface area contributed by atoms with Gasteiger partial charge in [0.2, 0.25) is 10.0 Å². The maximum absolute atomic E-state index is 12.9. The molecule has 0 atom stereocenters. The molecule has 0 saturated carbocycles. The van der Waals surface area contributed by atoms with Gasteiger partial charge in [0.1, 0.15) is 11.5 Å². The third-order valence-electron chi connectivity index (χ3n) is 4.54. The van der Waals surface area contributed by atoms with Gasteiger partial charge in [0.15, 0.2) is 6.61 Å². The molecule has 32 heavy (non-hydrogen) atoms. The van der Waals surface area contributed by atoms with E-state index in [1.165, 1.54) is 41.7 Å². The normalized spacial score (nSPS) is 14.6. The van der Waals surface area contributed by atoms with Crippen molar-refractivity contribution in [3.63, 3.8) is 0 Å². The summed E-state index contributed by atoms with van der Waals surface area (Å²) in [5.41, 5.74) is -0.0694. The van der Waals surface area contributed by atoms with Crippen molar-refractivity contribution in [3.05, 3.63) is 51.5 Å². The lowest BCUT2D eigenvalue weighted by atomic mass is 10.3. The van der Waals surface area contributed by atoms with Gasteiger partial charge >= 0.3 is 0 Å². The Hall–Kier alpha value is -2.93. The van der Waals surface area contributed by atoms with Gasteiger partial charge in [-0.1, -0.05) is 11.6 Å². The standard InChI is InChI=1S/C19H20ClN3O8S/c1-29-18-5-3-14(32(27,28)22-6-8-30-9-7-22)11-16(18)21-19(24)12-31-17-4-2-13(23(25)26)10-15(17)20/h2-5,10-11H,6-9,12H2,1H3,(H,21,24). The van der Waals surface area contributed by atoms with Crippen LogP contribution in [0.3, 0.4) is 0 Å². The van der Waals surface area contributed by atoms with Crippen LogP contribution in [0.1, 0.15) is 0 Å². The zero-order chi connectivity index (χ0) is 23.3. The number of hydrogen-bond acceptors (Lipinski definition) is 8. The van der Waals surface area contributed by atoms with Gasteiger partial charge in [-0.15, -0.1) is 0 Å². The van der Waals surface area contributed by atoms with Gasteiger partial charge in [0.25, 0.3) is 11.6 Å². The van der Waals surface area contributed by atoms with E-state index < -0.39 is 27.5 Å². The average Bonchev–Trinajstić information content (AvgIpc) is 2.78. The lowest BCUT2D eigenvalue weighted by Gasteiger charge is -2.26. The Labute approximate surface area is 189 Å². The Morgan fingerprint density at radius 1 is 1.22 bits per heavy atom. The first-order valence-corrected chi connectivity index (χ1v) is 11.2. The molecule has 0 bridgehead atoms. The number of ether oxygens (including phenoxy) is 3. The highest BCUT2D eigenvalue weighted by Crippen LogP contribution is 2.30. The minimum Gasteiger partial charge on any atom is -0.495 e. The predicted octanol–water partition coefficient (Wildman–Crippen LogP) is 2.30. The molecule has 11 nitrogen and oxygen atoms in total. The van der Waals surface area contributed by atoms with Crippen molar-refractivity contribution in [2.24, 2.45) is 0 Å². The van der Waals surface area contributed by atoms with E-state index in [0.29, 0.717) is 13.2 Å². The fourth-order valence-corrected chi connectivity index (χ4v) is 4.60. The lowest BCUT2D eigenvalue weighted by Crippen LogP contribution is -2.40. The van der Waals surface area contributed by atoms with E-state index in [1.54, 1.807) is 0 Å². The smallest absolute Gasteiger partial charge is 0.271 e. The van der Waals surface area contributed by atoms with Crippen LogP contribution in [-0.2, 0) is 19.6 Å². The second-order valence-electron chi connectivity index (χ2n) is 6.59. The van der Waals surface area contributed by atoms with Crippen LogP contribution in [0.4, 0.5) is 11.4 Å². The summed E-state index contributed by atoms with van der Waals surface area (Å²) in [7, 11) is -2.39. The molecule has 2 aromatic rings. The predicted molar refractivity (Wildman–Crippen MR) is 115 cm³/mol. The van der Waals surface area contributed by atoms with Crippen molar-refractivity contribution in [1.29, 1.82) is 0 Å². The third-order valence-corrected chi connectivity index (χ3v) is 6.73. The monoisotopic (exact) mass is 485 g/mol. The summed E-state index contributed by atoms with van der Waals surface area (Å²) in [6.07, 6.45) is 0. The zero-order valence-electron chi connectivity index (χ0n) is 16.9. The molecule has 1 heterocycles. The summed E-state index contributed by atoms with van der Waals surface area (Å²) in [6, 6.07) is 7.73. The van der Waals surface area contributed by atoms with Crippen molar-refractivity contribution in [3.8, 4) is 11.5 Å². The van der Waals surface area contributed by atoms with Crippen molar-refractivity contribution in [1.82, 2.24) is 4.31 Å². The number of nitrogens with one attached hydrogen (secondary N) is 1. The van der Waals surface area contributed by atoms with E-state index in [1.807, 2.05) is 0 Å². The molecule has 13 heteroatoms. The molecule has 1 fully saturated rings. The summed E-state index contributed by atoms with van der Waals surface area (Å²) < 4.78 is 42.8. The van der Waals surface area contributed by atoms with Crippen LogP contribution in [0.2, 0.25) is 5.02 Å². The van der Waals surface area contributed by atoms with Crippen LogP contribution >= 0.6 is 11.6 Å². The number of anilines is 1. The topological polar surface area (TPSA) is 137 Å². The molecule has 1 saturated heterocycles. The van der Waals surface area contributed by atoms with Crippen molar-refractivity contribution < 1.29 is 32.3 Å². The molecule has 0 unspecified atom stereocenters. The van der Waals surface area contributed by atoms with E-state index >= 15 is 0 Å². The highest BCUT2D eigenvalue weighted by Gasteiger charge is 2.27. The maximum Gasteiger partial charge on any atom is 0.271 e. The SMILES string of the molecule is COc1ccc(S(=O)(=O)N2CCOCC2)cc1NC(=O)COc1ccc([N+](=O)[O-])cc1Cl. The number of rotatable bonds is 8. The molecule has 172 valence electrons. The van der Waals surface area contributed by atoms with Crippen LogP contribution < -0.4 is 14.8 Å². The summed E-state index contributed by atoms with van der Waals surface area (Å²) >= 11 is 5.95. The highest BCUT2D eigenvalue weighted by atomic mass is 35.5. The van der Waals surface area contributed by atoms with Crippen molar-refractivity contribution >= 4 is 38.9 Å². The molecule has 3 rings (SSSR count). The Morgan fingerprint density at radius 2 is 1.91 bits per heavy atom. The first-order chi connectivity index (χ1) is 15.2. The van der Waals surface area contributed by atoms with Gasteiger partial charge in [0.05, 0.1) is 40.9 Å². The van der Waals surface area contributed by atoms with Crippen LogP contribution in [0, 0.1) is 10.1 Å². The summed E-state index contributed by atoms with van der Waals surface area (Å²) in [5, 5.41) is 13.3. The number of methoxy groups -OCH3 is 1. The quantitative estimate of drug-likeness (QED) is 0.444. The number of non-ortho nitro benzene ring substituents is 1. The van der Waals surface area contributed by atoms with E-state index in [0.717, 1.165) is 6.07 Å². The molecule has 2 aromatic carbocycles. The number of hydrogen-bond donors (Lipinski definition) is 1. The molecule has 1 amide bonds. The van der Waals surface area contributed by atoms with E-state index in [-0.39, 0.29) is 45.9 Å². The highest BCUT2D eigenvalue weighted by molar-refractivity contribution is 7.89. The number of carbonyl (C=O) groups excluding carboxylic acids is 1. The minimum absolute atomic E-state index is 0.00479. The van der Waals surface area contributed by atoms with Gasteiger partial charge in [-0.2, -0.15) is 4.31 Å². The second-order valence-corrected chi connectivity index (χ2v) is 8.93. The largest absolute Gasteiger partial charge is 0.495 e. The molecule has 0 aromatic heterocycles. The Morgan fingerprint density at radius 3 is 2.53 bits per heavy atom. The number of nitro benzene ring substituents is 1. The molecular formula is C19H20ClN3O8S. The number of carbonyl (C=O) groups is 1. The summed E-state index contributed by atoms with van der Waals surface area (Å²) in [6.45, 7) is 0.615. The average molecular weight is 486 g/mol. The first-order valence-electron chi connectivity index (χ1n) is 9.35. The Bertz CT molecular complexity index is 1120. The number of amides is 1. The summed E-state index contributed by atoms with van der Waals surface area (Å²) in [5.74, 6) is -0.269. The number of nitrogens with zero attached hydrogens (tertiary/aromatic N) is 2. The zero-order valence-corrected chi connectivity index (χ0v) is 18.5. The van der Waals surface area contributed by atoms with Gasteiger partial charge in [0, 0.05) is 25.2 Å². The van der Waals surface area contributed by atoms with E-state index in [4.69, 9.17) is 25.8 Å². The van der Waals surface area contributed by atoms with Crippen LogP contribution in [0.25, 0.3) is 0 Å². The third kappa shape index (κ3) is 5.46. The number of morpholine rings is 1. The second kappa shape index (κ2) is 10.1. The van der Waals surface area contributed by atoms with Gasteiger partial charge in [-0.25, -0.2) is 8.42 Å². The van der Waals surface area contributed by atoms with Gasteiger partial charge < -0.3 is 19.5 Å². The fraction of sp³-hybridized carbons (Fsp3) is 0.316. The maximum atomic E-state index is 12.9. The molecule has 0 aliphatic carbocycles. The van der Waals surface area contributed by atoms with Gasteiger partial charge in [-0.3, -0.25) is 14.9 Å². The molecule has 1 aliphatic heterocycles.